The van der Waals surface area contributed by atoms with E-state index in [2.05, 4.69) is 22.5 Å². The molecule has 19 heavy (non-hydrogen) atoms. The minimum Gasteiger partial charge on any atom is -0.368 e. The normalized spacial score (nSPS) is 27.4. The molecule has 2 aliphatic rings. The van der Waals surface area contributed by atoms with E-state index < -0.39 is 5.60 Å². The lowest BCUT2D eigenvalue weighted by Crippen LogP contribution is -2.54. The molecule has 0 aromatic heterocycles. The first-order valence-corrected chi connectivity index (χ1v) is 7.46. The summed E-state index contributed by atoms with van der Waals surface area (Å²) in [6.45, 7) is 8.07. The number of rotatable bonds is 5. The highest BCUT2D eigenvalue weighted by molar-refractivity contribution is 5.85. The van der Waals surface area contributed by atoms with Crippen LogP contribution in [0.4, 0.5) is 0 Å². The van der Waals surface area contributed by atoms with Crippen LogP contribution in [0.15, 0.2) is 0 Å². The quantitative estimate of drug-likeness (QED) is 0.749. The molecule has 0 aromatic carbocycles. The van der Waals surface area contributed by atoms with Crippen LogP contribution in [0.25, 0.3) is 0 Å². The molecule has 0 radical (unpaired) electrons. The molecule has 1 atom stereocenters. The van der Waals surface area contributed by atoms with E-state index in [0.29, 0.717) is 5.92 Å². The third kappa shape index (κ3) is 3.46. The fourth-order valence-electron chi connectivity index (χ4n) is 3.12. The van der Waals surface area contributed by atoms with E-state index in [1.807, 2.05) is 0 Å². The first-order valence-electron chi connectivity index (χ1n) is 7.46. The summed E-state index contributed by atoms with van der Waals surface area (Å²) in [6, 6.07) is 0. The molecule has 2 heterocycles. The van der Waals surface area contributed by atoms with Gasteiger partial charge in [0.25, 0.3) is 5.91 Å². The van der Waals surface area contributed by atoms with Crippen molar-refractivity contribution in [3.63, 3.8) is 0 Å². The van der Waals surface area contributed by atoms with Gasteiger partial charge in [-0.1, -0.05) is 6.92 Å². The lowest BCUT2D eigenvalue weighted by molar-refractivity contribution is -0.146. The summed E-state index contributed by atoms with van der Waals surface area (Å²) in [5.41, 5.74) is -0.603. The number of nitrogens with one attached hydrogen (secondary N) is 2. The van der Waals surface area contributed by atoms with Gasteiger partial charge in [-0.3, -0.25) is 4.79 Å². The smallest absolute Gasteiger partial charge is 0.252 e. The van der Waals surface area contributed by atoms with Gasteiger partial charge in [-0.05, 0) is 51.4 Å². The molecular weight excluding hydrogens is 242 g/mol. The highest BCUT2D eigenvalue weighted by Crippen LogP contribution is 2.23. The van der Waals surface area contributed by atoms with Gasteiger partial charge < -0.3 is 20.3 Å². The molecule has 0 aliphatic carbocycles. The van der Waals surface area contributed by atoms with Crippen molar-refractivity contribution in [1.82, 2.24) is 15.5 Å². The van der Waals surface area contributed by atoms with Gasteiger partial charge in [0, 0.05) is 20.2 Å². The molecule has 2 saturated heterocycles. The van der Waals surface area contributed by atoms with Gasteiger partial charge in [0.2, 0.25) is 0 Å². The number of amides is 1. The molecule has 110 valence electrons. The number of methoxy groups -OCH3 is 1. The standard InChI is InChI=1S/C14H27N3O2/c1-3-17-9-4-12(11-17)10-16-13(18)14(19-2)5-7-15-8-6-14/h12,15H,3-11H2,1-2H3,(H,16,18). The van der Waals surface area contributed by atoms with Crippen molar-refractivity contribution in [2.75, 3.05) is 46.4 Å². The largest absolute Gasteiger partial charge is 0.368 e. The van der Waals surface area contributed by atoms with Crippen molar-refractivity contribution in [3.05, 3.63) is 0 Å². The van der Waals surface area contributed by atoms with Gasteiger partial charge in [-0.2, -0.15) is 0 Å². The van der Waals surface area contributed by atoms with Crippen LogP contribution >= 0.6 is 0 Å². The fourth-order valence-corrected chi connectivity index (χ4v) is 3.12. The van der Waals surface area contributed by atoms with Crippen molar-refractivity contribution in [3.8, 4) is 0 Å². The van der Waals surface area contributed by atoms with E-state index in [1.54, 1.807) is 7.11 Å². The number of nitrogens with zero attached hydrogens (tertiary/aromatic N) is 1. The van der Waals surface area contributed by atoms with Crippen molar-refractivity contribution in [2.24, 2.45) is 5.92 Å². The van der Waals surface area contributed by atoms with Crippen LogP contribution in [-0.2, 0) is 9.53 Å². The first-order chi connectivity index (χ1) is 9.20. The summed E-state index contributed by atoms with van der Waals surface area (Å²) in [5, 5.41) is 6.38. The minimum atomic E-state index is -0.603. The number of likely N-dealkylation sites (tertiary alicyclic amines) is 1. The third-order valence-electron chi connectivity index (χ3n) is 4.58. The van der Waals surface area contributed by atoms with Gasteiger partial charge >= 0.3 is 0 Å². The molecule has 2 N–H and O–H groups in total. The Labute approximate surface area is 116 Å². The Hall–Kier alpha value is -0.650. The number of piperidine rings is 1. The summed E-state index contributed by atoms with van der Waals surface area (Å²) in [4.78, 5) is 14.8. The Kier molecular flexibility index (Phi) is 5.19. The van der Waals surface area contributed by atoms with E-state index in [-0.39, 0.29) is 5.91 Å². The van der Waals surface area contributed by atoms with Gasteiger partial charge in [-0.15, -0.1) is 0 Å². The third-order valence-corrected chi connectivity index (χ3v) is 4.58. The number of ether oxygens (including phenoxy) is 1. The first kappa shape index (κ1) is 14.8. The predicted molar refractivity (Wildman–Crippen MR) is 75.1 cm³/mol. The maximum Gasteiger partial charge on any atom is 0.252 e. The number of carbonyl (C=O) groups excluding carboxylic acids is 1. The molecule has 0 saturated carbocycles. The van der Waals surface area contributed by atoms with Crippen LogP contribution in [0.1, 0.15) is 26.2 Å². The fraction of sp³-hybridized carbons (Fsp3) is 0.929. The average molecular weight is 269 g/mol. The molecule has 1 unspecified atom stereocenters. The molecule has 2 fully saturated rings. The SMILES string of the molecule is CCN1CCC(CNC(=O)C2(OC)CCNCC2)C1. The predicted octanol–water partition coefficient (Wildman–Crippen LogP) is 0.213. The van der Waals surface area contributed by atoms with Crippen molar-refractivity contribution >= 4 is 5.91 Å². The number of carbonyl (C=O) groups is 1. The highest BCUT2D eigenvalue weighted by atomic mass is 16.5. The van der Waals surface area contributed by atoms with E-state index >= 15 is 0 Å². The molecule has 0 aromatic rings. The Bertz CT molecular complexity index is 303. The maximum atomic E-state index is 12.4. The number of hydrogen-bond acceptors (Lipinski definition) is 4. The Morgan fingerprint density at radius 2 is 2.21 bits per heavy atom. The van der Waals surface area contributed by atoms with Gasteiger partial charge in [0.05, 0.1) is 0 Å². The zero-order valence-electron chi connectivity index (χ0n) is 12.2. The summed E-state index contributed by atoms with van der Waals surface area (Å²) < 4.78 is 5.54. The Morgan fingerprint density at radius 1 is 1.47 bits per heavy atom. The van der Waals surface area contributed by atoms with E-state index in [1.165, 1.54) is 6.42 Å². The van der Waals surface area contributed by atoms with Crippen LogP contribution in [-0.4, -0.2) is 62.8 Å². The van der Waals surface area contributed by atoms with Crippen molar-refractivity contribution < 1.29 is 9.53 Å². The summed E-state index contributed by atoms with van der Waals surface area (Å²) >= 11 is 0. The van der Waals surface area contributed by atoms with Crippen molar-refractivity contribution in [1.29, 1.82) is 0 Å². The molecule has 1 amide bonds. The summed E-state index contributed by atoms with van der Waals surface area (Å²) in [7, 11) is 1.65. The zero-order chi connectivity index (χ0) is 13.7. The Balaban J connectivity index is 1.80. The average Bonchev–Trinajstić information content (AvgIpc) is 2.93. The van der Waals surface area contributed by atoms with Crippen LogP contribution in [0, 0.1) is 5.92 Å². The Morgan fingerprint density at radius 3 is 2.79 bits per heavy atom. The minimum absolute atomic E-state index is 0.0754. The topological polar surface area (TPSA) is 53.6 Å². The second-order valence-electron chi connectivity index (χ2n) is 5.71. The second kappa shape index (κ2) is 6.68. The molecule has 2 rings (SSSR count). The zero-order valence-corrected chi connectivity index (χ0v) is 12.2. The van der Waals surface area contributed by atoms with Crippen molar-refractivity contribution in [2.45, 2.75) is 31.8 Å². The number of hydrogen-bond donors (Lipinski definition) is 2. The summed E-state index contributed by atoms with van der Waals surface area (Å²) in [6.07, 6.45) is 2.72. The van der Waals surface area contributed by atoms with Crippen LogP contribution in [0.2, 0.25) is 0 Å². The summed E-state index contributed by atoms with van der Waals surface area (Å²) in [5.74, 6) is 0.672. The monoisotopic (exact) mass is 269 g/mol. The van der Waals surface area contributed by atoms with E-state index in [4.69, 9.17) is 4.74 Å². The lowest BCUT2D eigenvalue weighted by Gasteiger charge is -2.35. The molecule has 5 heteroatoms. The molecule has 0 bridgehead atoms. The van der Waals surface area contributed by atoms with Crippen LogP contribution < -0.4 is 10.6 Å². The molecular formula is C14H27N3O2. The van der Waals surface area contributed by atoms with E-state index in [0.717, 1.165) is 52.1 Å². The molecule has 0 spiro atoms. The van der Waals surface area contributed by atoms with Gasteiger partial charge in [0.1, 0.15) is 5.60 Å². The molecule has 5 nitrogen and oxygen atoms in total. The van der Waals surface area contributed by atoms with E-state index in [9.17, 15) is 4.79 Å². The van der Waals surface area contributed by atoms with Crippen LogP contribution in [0.3, 0.4) is 0 Å². The lowest BCUT2D eigenvalue weighted by atomic mass is 9.91. The highest BCUT2D eigenvalue weighted by Gasteiger charge is 2.39. The maximum absolute atomic E-state index is 12.4. The van der Waals surface area contributed by atoms with Gasteiger partial charge in [0.15, 0.2) is 0 Å². The van der Waals surface area contributed by atoms with Crippen LogP contribution in [0.5, 0.6) is 0 Å². The van der Waals surface area contributed by atoms with Gasteiger partial charge in [-0.25, -0.2) is 0 Å². The molecule has 2 aliphatic heterocycles. The second-order valence-corrected chi connectivity index (χ2v) is 5.71.